The van der Waals surface area contributed by atoms with Crippen LogP contribution in [0.25, 0.3) is 10.9 Å². The fourth-order valence-electron chi connectivity index (χ4n) is 2.02. The lowest BCUT2D eigenvalue weighted by Crippen LogP contribution is -2.23. The summed E-state index contributed by atoms with van der Waals surface area (Å²) in [6, 6.07) is 7.46. The largest absolute Gasteiger partial charge is 0.376 e. The molecule has 0 saturated carbocycles. The van der Waals surface area contributed by atoms with Crippen LogP contribution in [0.4, 0.5) is 5.69 Å². The molecule has 0 bridgehead atoms. The first-order chi connectivity index (χ1) is 8.02. The highest BCUT2D eigenvalue weighted by Crippen LogP contribution is 2.25. The van der Waals surface area contributed by atoms with Gasteiger partial charge in [0.05, 0.1) is 11.2 Å². The van der Waals surface area contributed by atoms with Crippen LogP contribution in [0.2, 0.25) is 0 Å². The zero-order chi connectivity index (χ0) is 12.6. The Balaban J connectivity index is 2.99. The summed E-state index contributed by atoms with van der Waals surface area (Å²) in [6.45, 7) is 1.41. The smallest absolute Gasteiger partial charge is 0.261 e. The Hall–Kier alpha value is -2.10. The quantitative estimate of drug-likeness (QED) is 0.800. The number of Topliss-reactive ketones (excluding diaryl/α,β-unsaturated/α-hetero) is 1. The molecule has 2 aromatic rings. The van der Waals surface area contributed by atoms with E-state index in [9.17, 15) is 9.59 Å². The summed E-state index contributed by atoms with van der Waals surface area (Å²) in [7, 11) is 3.65. The number of aromatic nitrogens is 1. The van der Waals surface area contributed by atoms with Crippen molar-refractivity contribution in [3.8, 4) is 0 Å². The molecule has 4 nitrogen and oxygen atoms in total. The van der Waals surface area contributed by atoms with E-state index < -0.39 is 0 Å². The van der Waals surface area contributed by atoms with Crippen LogP contribution in [-0.4, -0.2) is 24.9 Å². The summed E-state index contributed by atoms with van der Waals surface area (Å²) >= 11 is 0. The maximum atomic E-state index is 11.9. The SMILES string of the molecule is CC(=O)c1c(N(C)C)c2ccccc2[nH]c1=O. The van der Waals surface area contributed by atoms with Crippen molar-refractivity contribution in [3.05, 3.63) is 40.2 Å². The Labute approximate surface area is 98.9 Å². The number of aromatic amines is 1. The first kappa shape index (κ1) is 11.4. The topological polar surface area (TPSA) is 53.2 Å². The van der Waals surface area contributed by atoms with Crippen molar-refractivity contribution in [3.63, 3.8) is 0 Å². The Kier molecular flexibility index (Phi) is 2.71. The number of nitrogens with one attached hydrogen (secondary N) is 1. The van der Waals surface area contributed by atoms with E-state index in [1.807, 2.05) is 38.4 Å². The Morgan fingerprint density at radius 3 is 2.47 bits per heavy atom. The fraction of sp³-hybridized carbons (Fsp3) is 0.231. The standard InChI is InChI=1S/C13H14N2O2/c1-8(16)11-12(15(2)3)9-6-4-5-7-10(9)14-13(11)17/h4-7H,1-3H3,(H,14,17). The predicted octanol–water partition coefficient (Wildman–Crippen LogP) is 1.80. The number of ketones is 1. The molecule has 1 aromatic heterocycles. The summed E-state index contributed by atoms with van der Waals surface area (Å²) < 4.78 is 0. The van der Waals surface area contributed by atoms with E-state index in [1.165, 1.54) is 6.92 Å². The molecule has 0 fully saturated rings. The molecular weight excluding hydrogens is 216 g/mol. The molecular formula is C13H14N2O2. The monoisotopic (exact) mass is 230 g/mol. The number of benzene rings is 1. The molecule has 88 valence electrons. The van der Waals surface area contributed by atoms with Gasteiger partial charge in [0.1, 0.15) is 5.56 Å². The molecule has 1 aromatic carbocycles. The molecule has 0 spiro atoms. The zero-order valence-corrected chi connectivity index (χ0v) is 10.1. The summed E-state index contributed by atoms with van der Waals surface area (Å²) in [4.78, 5) is 28.0. The van der Waals surface area contributed by atoms with Crippen LogP contribution in [0.5, 0.6) is 0 Å². The number of pyridine rings is 1. The molecule has 0 saturated heterocycles. The van der Waals surface area contributed by atoms with Gasteiger partial charge in [0.2, 0.25) is 0 Å². The minimum atomic E-state index is -0.333. The second kappa shape index (κ2) is 4.05. The van der Waals surface area contributed by atoms with Crippen LogP contribution in [0.3, 0.4) is 0 Å². The summed E-state index contributed by atoms with van der Waals surface area (Å²) in [6.07, 6.45) is 0. The van der Waals surface area contributed by atoms with E-state index in [2.05, 4.69) is 4.98 Å². The van der Waals surface area contributed by atoms with Crippen LogP contribution >= 0.6 is 0 Å². The van der Waals surface area contributed by atoms with E-state index in [-0.39, 0.29) is 16.9 Å². The highest BCUT2D eigenvalue weighted by molar-refractivity contribution is 6.07. The lowest BCUT2D eigenvalue weighted by atomic mass is 10.1. The molecule has 0 aliphatic heterocycles. The zero-order valence-electron chi connectivity index (χ0n) is 10.1. The van der Waals surface area contributed by atoms with Gasteiger partial charge in [-0.3, -0.25) is 9.59 Å². The highest BCUT2D eigenvalue weighted by Gasteiger charge is 2.17. The lowest BCUT2D eigenvalue weighted by molar-refractivity contribution is 0.101. The van der Waals surface area contributed by atoms with Gasteiger partial charge in [0, 0.05) is 19.5 Å². The van der Waals surface area contributed by atoms with E-state index in [0.717, 1.165) is 10.9 Å². The minimum absolute atomic E-state index is 0.216. The average Bonchev–Trinajstić information content (AvgIpc) is 2.26. The van der Waals surface area contributed by atoms with Crippen molar-refractivity contribution in [1.82, 2.24) is 4.98 Å². The number of carbonyl (C=O) groups excluding carboxylic acids is 1. The van der Waals surface area contributed by atoms with Gasteiger partial charge < -0.3 is 9.88 Å². The Bertz CT molecular complexity index is 641. The van der Waals surface area contributed by atoms with Gasteiger partial charge in [-0.15, -0.1) is 0 Å². The van der Waals surface area contributed by atoms with Gasteiger partial charge in [0.15, 0.2) is 5.78 Å². The predicted molar refractivity (Wildman–Crippen MR) is 68.9 cm³/mol. The number of hydrogen-bond donors (Lipinski definition) is 1. The number of H-pyrrole nitrogens is 1. The second-order valence-corrected chi connectivity index (χ2v) is 4.17. The molecule has 0 amide bonds. The maximum absolute atomic E-state index is 11.9. The van der Waals surface area contributed by atoms with Gasteiger partial charge in [-0.2, -0.15) is 0 Å². The van der Waals surface area contributed by atoms with Gasteiger partial charge in [0.25, 0.3) is 5.56 Å². The van der Waals surface area contributed by atoms with E-state index in [4.69, 9.17) is 0 Å². The second-order valence-electron chi connectivity index (χ2n) is 4.17. The molecule has 1 heterocycles. The minimum Gasteiger partial charge on any atom is -0.376 e. The van der Waals surface area contributed by atoms with Crippen LogP contribution in [0.1, 0.15) is 17.3 Å². The number of fused-ring (bicyclic) bond motifs is 1. The van der Waals surface area contributed by atoms with Crippen LogP contribution in [0.15, 0.2) is 29.1 Å². The first-order valence-corrected chi connectivity index (χ1v) is 5.35. The van der Waals surface area contributed by atoms with Gasteiger partial charge in [-0.25, -0.2) is 0 Å². The number of nitrogens with zero attached hydrogens (tertiary/aromatic N) is 1. The van der Waals surface area contributed by atoms with Crippen molar-refractivity contribution in [1.29, 1.82) is 0 Å². The van der Waals surface area contributed by atoms with E-state index >= 15 is 0 Å². The maximum Gasteiger partial charge on any atom is 0.261 e. The highest BCUT2D eigenvalue weighted by atomic mass is 16.1. The van der Waals surface area contributed by atoms with Crippen molar-refractivity contribution in [2.45, 2.75) is 6.92 Å². The van der Waals surface area contributed by atoms with E-state index in [1.54, 1.807) is 4.90 Å². The molecule has 0 aliphatic carbocycles. The third kappa shape index (κ3) is 1.82. The van der Waals surface area contributed by atoms with Crippen molar-refractivity contribution in [2.24, 2.45) is 0 Å². The van der Waals surface area contributed by atoms with Crippen LogP contribution in [0, 0.1) is 0 Å². The summed E-state index contributed by atoms with van der Waals surface area (Å²) in [5.41, 5.74) is 1.30. The summed E-state index contributed by atoms with van der Waals surface area (Å²) in [5, 5.41) is 0.877. The van der Waals surface area contributed by atoms with E-state index in [0.29, 0.717) is 5.69 Å². The third-order valence-electron chi connectivity index (χ3n) is 2.69. The van der Waals surface area contributed by atoms with Gasteiger partial charge >= 0.3 is 0 Å². The molecule has 0 atom stereocenters. The van der Waals surface area contributed by atoms with Crippen molar-refractivity contribution >= 4 is 22.4 Å². The first-order valence-electron chi connectivity index (χ1n) is 5.35. The van der Waals surface area contributed by atoms with Gasteiger partial charge in [-0.05, 0) is 13.0 Å². The number of carbonyl (C=O) groups is 1. The number of hydrogen-bond acceptors (Lipinski definition) is 3. The molecule has 0 radical (unpaired) electrons. The van der Waals surface area contributed by atoms with Gasteiger partial charge in [-0.1, -0.05) is 18.2 Å². The third-order valence-corrected chi connectivity index (χ3v) is 2.69. The summed E-state index contributed by atoms with van der Waals surface area (Å²) in [5.74, 6) is -0.222. The number of rotatable bonds is 2. The van der Waals surface area contributed by atoms with Crippen molar-refractivity contribution < 1.29 is 4.79 Å². The normalized spacial score (nSPS) is 10.5. The molecule has 17 heavy (non-hydrogen) atoms. The molecule has 2 rings (SSSR count). The number of anilines is 1. The molecule has 0 unspecified atom stereocenters. The number of para-hydroxylation sites is 1. The van der Waals surface area contributed by atoms with Crippen LogP contribution < -0.4 is 10.5 Å². The van der Waals surface area contributed by atoms with Crippen LogP contribution in [-0.2, 0) is 0 Å². The Morgan fingerprint density at radius 2 is 1.88 bits per heavy atom. The fourth-order valence-corrected chi connectivity index (χ4v) is 2.02. The van der Waals surface area contributed by atoms with Crippen molar-refractivity contribution in [2.75, 3.05) is 19.0 Å². The lowest BCUT2D eigenvalue weighted by Gasteiger charge is -2.18. The molecule has 4 heteroatoms. The average molecular weight is 230 g/mol. The Morgan fingerprint density at radius 1 is 1.24 bits per heavy atom. The molecule has 0 aliphatic rings. The molecule has 1 N–H and O–H groups in total.